The zero-order valence-electron chi connectivity index (χ0n) is 9.57. The summed E-state index contributed by atoms with van der Waals surface area (Å²) in [5.41, 5.74) is 5.67. The average molecular weight is 248 g/mol. The van der Waals surface area contributed by atoms with E-state index in [0.717, 1.165) is 25.3 Å². The summed E-state index contributed by atoms with van der Waals surface area (Å²) in [5.74, 6) is -0.0682. The third kappa shape index (κ3) is 2.38. The van der Waals surface area contributed by atoms with Gasteiger partial charge in [0.05, 0.1) is 10.5 Å². The summed E-state index contributed by atoms with van der Waals surface area (Å²) in [6, 6.07) is 2.84. The summed E-state index contributed by atoms with van der Waals surface area (Å²) in [5, 5.41) is 19.6. The van der Waals surface area contributed by atoms with E-state index in [1.54, 1.807) is 6.07 Å². The molecule has 1 fully saturated rings. The van der Waals surface area contributed by atoms with Crippen molar-refractivity contribution in [1.82, 2.24) is 4.98 Å². The van der Waals surface area contributed by atoms with Crippen molar-refractivity contribution in [3.05, 3.63) is 27.9 Å². The van der Waals surface area contributed by atoms with Gasteiger partial charge in [-0.25, -0.2) is 4.98 Å². The Morgan fingerprint density at radius 1 is 1.61 bits per heavy atom. The number of nitriles is 1. The van der Waals surface area contributed by atoms with Gasteiger partial charge in [-0.05, 0) is 19.3 Å². The standard InChI is InChI=1S/C11H12N4O3/c12-5-7-4-9(15(16)17)11(14-6-7)18-10-3-1-2-8(10)13/h4,6,8,10H,1-3,13H2. The third-order valence-electron chi connectivity index (χ3n) is 2.92. The number of nitrogens with zero attached hydrogens (tertiary/aromatic N) is 3. The normalized spacial score (nSPS) is 22.4. The first-order valence-corrected chi connectivity index (χ1v) is 5.58. The highest BCUT2D eigenvalue weighted by Gasteiger charge is 2.29. The van der Waals surface area contributed by atoms with Crippen molar-refractivity contribution in [2.75, 3.05) is 0 Å². The number of hydrogen-bond donors (Lipinski definition) is 1. The van der Waals surface area contributed by atoms with Gasteiger partial charge in [0.15, 0.2) is 0 Å². The first kappa shape index (κ1) is 12.3. The van der Waals surface area contributed by atoms with E-state index in [2.05, 4.69) is 4.98 Å². The molecular weight excluding hydrogens is 236 g/mol. The van der Waals surface area contributed by atoms with Crippen LogP contribution in [0.25, 0.3) is 0 Å². The molecule has 2 atom stereocenters. The van der Waals surface area contributed by atoms with Gasteiger partial charge in [0.1, 0.15) is 12.2 Å². The van der Waals surface area contributed by atoms with Crippen LogP contribution in [-0.4, -0.2) is 22.1 Å². The number of ether oxygens (including phenoxy) is 1. The van der Waals surface area contributed by atoms with Gasteiger partial charge in [-0.1, -0.05) is 0 Å². The molecule has 1 aromatic rings. The fourth-order valence-electron chi connectivity index (χ4n) is 1.97. The molecule has 0 bridgehead atoms. The van der Waals surface area contributed by atoms with Crippen molar-refractivity contribution >= 4 is 5.69 Å². The quantitative estimate of drug-likeness (QED) is 0.633. The number of nitro groups is 1. The predicted molar refractivity (Wildman–Crippen MR) is 61.8 cm³/mol. The van der Waals surface area contributed by atoms with Gasteiger partial charge in [0.2, 0.25) is 0 Å². The van der Waals surface area contributed by atoms with Crippen LogP contribution in [0.2, 0.25) is 0 Å². The summed E-state index contributed by atoms with van der Waals surface area (Å²) in [6.45, 7) is 0. The molecule has 1 aliphatic rings. The number of nitrogens with two attached hydrogens (primary N) is 1. The van der Waals surface area contributed by atoms with E-state index in [1.807, 2.05) is 0 Å². The van der Waals surface area contributed by atoms with E-state index in [4.69, 9.17) is 15.7 Å². The van der Waals surface area contributed by atoms with Crippen LogP contribution in [0.15, 0.2) is 12.3 Å². The van der Waals surface area contributed by atoms with Crippen molar-refractivity contribution in [2.45, 2.75) is 31.4 Å². The lowest BCUT2D eigenvalue weighted by molar-refractivity contribution is -0.386. The lowest BCUT2D eigenvalue weighted by atomic mass is 10.2. The van der Waals surface area contributed by atoms with Gasteiger partial charge in [0.25, 0.3) is 5.88 Å². The fraction of sp³-hybridized carbons (Fsp3) is 0.455. The minimum Gasteiger partial charge on any atom is -0.468 e. The van der Waals surface area contributed by atoms with Gasteiger partial charge in [-0.2, -0.15) is 5.26 Å². The monoisotopic (exact) mass is 248 g/mol. The molecule has 0 aliphatic heterocycles. The second kappa shape index (κ2) is 4.98. The molecular formula is C11H12N4O3. The molecule has 7 heteroatoms. The van der Waals surface area contributed by atoms with Crippen LogP contribution < -0.4 is 10.5 Å². The molecule has 1 saturated carbocycles. The van der Waals surface area contributed by atoms with E-state index in [1.165, 1.54) is 6.20 Å². The first-order chi connectivity index (χ1) is 8.61. The number of hydrogen-bond acceptors (Lipinski definition) is 6. The van der Waals surface area contributed by atoms with Crippen LogP contribution in [0.5, 0.6) is 5.88 Å². The van der Waals surface area contributed by atoms with Crippen LogP contribution >= 0.6 is 0 Å². The fourth-order valence-corrected chi connectivity index (χ4v) is 1.97. The molecule has 2 rings (SSSR count). The van der Waals surface area contributed by atoms with Crippen LogP contribution in [0.3, 0.4) is 0 Å². The molecule has 0 radical (unpaired) electrons. The van der Waals surface area contributed by atoms with Crippen molar-refractivity contribution in [2.24, 2.45) is 5.73 Å². The lowest BCUT2D eigenvalue weighted by Crippen LogP contribution is -2.34. The molecule has 0 aromatic carbocycles. The van der Waals surface area contributed by atoms with Crippen LogP contribution in [0, 0.1) is 21.4 Å². The summed E-state index contributed by atoms with van der Waals surface area (Å²) in [4.78, 5) is 14.1. The van der Waals surface area contributed by atoms with Gasteiger partial charge >= 0.3 is 5.69 Å². The van der Waals surface area contributed by atoms with Gasteiger partial charge in [-0.3, -0.25) is 10.1 Å². The number of pyridine rings is 1. The Morgan fingerprint density at radius 3 is 2.94 bits per heavy atom. The Labute approximate surface area is 103 Å². The molecule has 1 heterocycles. The Hall–Kier alpha value is -2.20. The van der Waals surface area contributed by atoms with Gasteiger partial charge in [0, 0.05) is 18.3 Å². The predicted octanol–water partition coefficient (Wildman–Crippen LogP) is 1.12. The van der Waals surface area contributed by atoms with Crippen LogP contribution in [0.4, 0.5) is 5.69 Å². The second-order valence-electron chi connectivity index (χ2n) is 4.17. The zero-order chi connectivity index (χ0) is 13.1. The SMILES string of the molecule is N#Cc1cnc(OC2CCCC2N)c([N+](=O)[O-])c1. The molecule has 0 amide bonds. The van der Waals surface area contributed by atoms with Crippen molar-refractivity contribution < 1.29 is 9.66 Å². The Kier molecular flexibility index (Phi) is 3.39. The Bertz CT molecular complexity index is 512. The smallest absolute Gasteiger partial charge is 0.332 e. The molecule has 94 valence electrons. The maximum Gasteiger partial charge on any atom is 0.332 e. The van der Waals surface area contributed by atoms with Crippen LogP contribution in [-0.2, 0) is 0 Å². The first-order valence-electron chi connectivity index (χ1n) is 5.58. The van der Waals surface area contributed by atoms with Gasteiger partial charge in [-0.15, -0.1) is 0 Å². The van der Waals surface area contributed by atoms with E-state index >= 15 is 0 Å². The van der Waals surface area contributed by atoms with E-state index < -0.39 is 4.92 Å². The summed E-state index contributed by atoms with van der Waals surface area (Å²) >= 11 is 0. The highest BCUT2D eigenvalue weighted by atomic mass is 16.6. The summed E-state index contributed by atoms with van der Waals surface area (Å²) in [6.07, 6.45) is 3.55. The maximum absolute atomic E-state index is 10.9. The molecule has 1 aromatic heterocycles. The average Bonchev–Trinajstić information content (AvgIpc) is 2.75. The Balaban J connectivity index is 2.27. The minimum absolute atomic E-state index is 0.0682. The lowest BCUT2D eigenvalue weighted by Gasteiger charge is -2.16. The highest BCUT2D eigenvalue weighted by Crippen LogP contribution is 2.29. The molecule has 2 unspecified atom stereocenters. The number of rotatable bonds is 3. The molecule has 7 nitrogen and oxygen atoms in total. The van der Waals surface area contributed by atoms with E-state index in [-0.39, 0.29) is 29.3 Å². The largest absolute Gasteiger partial charge is 0.468 e. The van der Waals surface area contributed by atoms with Crippen LogP contribution in [0.1, 0.15) is 24.8 Å². The summed E-state index contributed by atoms with van der Waals surface area (Å²) in [7, 11) is 0. The highest BCUT2D eigenvalue weighted by molar-refractivity contribution is 5.46. The third-order valence-corrected chi connectivity index (χ3v) is 2.92. The molecule has 2 N–H and O–H groups in total. The Morgan fingerprint density at radius 2 is 2.39 bits per heavy atom. The van der Waals surface area contributed by atoms with Crippen molar-refractivity contribution in [3.8, 4) is 11.9 Å². The van der Waals surface area contributed by atoms with Crippen molar-refractivity contribution in [1.29, 1.82) is 5.26 Å². The van der Waals surface area contributed by atoms with E-state index in [9.17, 15) is 10.1 Å². The maximum atomic E-state index is 10.9. The topological polar surface area (TPSA) is 115 Å². The molecule has 18 heavy (non-hydrogen) atoms. The molecule has 0 spiro atoms. The molecule has 0 saturated heterocycles. The van der Waals surface area contributed by atoms with E-state index in [0.29, 0.717) is 0 Å². The van der Waals surface area contributed by atoms with Crippen molar-refractivity contribution in [3.63, 3.8) is 0 Å². The zero-order valence-corrected chi connectivity index (χ0v) is 9.57. The number of aromatic nitrogens is 1. The second-order valence-corrected chi connectivity index (χ2v) is 4.17. The van der Waals surface area contributed by atoms with Gasteiger partial charge < -0.3 is 10.5 Å². The summed E-state index contributed by atoms with van der Waals surface area (Å²) < 4.78 is 5.49. The molecule has 1 aliphatic carbocycles. The minimum atomic E-state index is -0.607.